The monoisotopic (exact) mass is 472 g/mol. The van der Waals surface area contributed by atoms with Gasteiger partial charge >= 0.3 is 0 Å². The first-order chi connectivity index (χ1) is 15.4. The van der Waals surface area contributed by atoms with Gasteiger partial charge in [-0.1, -0.05) is 0 Å². The van der Waals surface area contributed by atoms with E-state index in [1.165, 1.54) is 18.9 Å². The van der Waals surface area contributed by atoms with Crippen molar-refractivity contribution in [1.29, 1.82) is 0 Å². The average molecular weight is 473 g/mol. The number of rotatable bonds is 5. The van der Waals surface area contributed by atoms with Gasteiger partial charge in [0.25, 0.3) is 0 Å². The first-order valence-corrected chi connectivity index (χ1v) is 12.8. The number of aromatic amines is 1. The van der Waals surface area contributed by atoms with Crippen molar-refractivity contribution in [3.8, 4) is 10.6 Å². The summed E-state index contributed by atoms with van der Waals surface area (Å²) >= 11 is 1.11. The molecular weight excluding hydrogens is 448 g/mol. The summed E-state index contributed by atoms with van der Waals surface area (Å²) in [6, 6.07) is 9.16. The molecule has 2 fully saturated rings. The predicted molar refractivity (Wildman–Crippen MR) is 122 cm³/mol. The number of nitrogens with zero attached hydrogens (tertiary/aromatic N) is 4. The van der Waals surface area contributed by atoms with E-state index in [1.807, 2.05) is 25.1 Å². The maximum atomic E-state index is 11.8. The molecule has 0 radical (unpaired) electrons. The van der Waals surface area contributed by atoms with Gasteiger partial charge in [0.2, 0.25) is 10.0 Å². The van der Waals surface area contributed by atoms with Crippen molar-refractivity contribution in [3.63, 3.8) is 0 Å². The summed E-state index contributed by atoms with van der Waals surface area (Å²) in [4.78, 5) is 12.6. The highest BCUT2D eigenvalue weighted by Crippen LogP contribution is 2.39. The summed E-state index contributed by atoms with van der Waals surface area (Å²) in [5.41, 5.74) is 2.71. The molecule has 3 N–H and O–H groups in total. The smallest absolute Gasteiger partial charge is 0.247 e. The number of hydrogen-bond acceptors (Lipinski definition) is 8. The highest BCUT2D eigenvalue weighted by atomic mass is 32.2. The summed E-state index contributed by atoms with van der Waals surface area (Å²) < 4.78 is 29.2. The van der Waals surface area contributed by atoms with E-state index in [2.05, 4.69) is 15.1 Å². The van der Waals surface area contributed by atoms with E-state index >= 15 is 0 Å². The van der Waals surface area contributed by atoms with E-state index in [4.69, 9.17) is 19.9 Å². The topological polar surface area (TPSA) is 127 Å². The number of ether oxygens (including phenoxy) is 1. The Morgan fingerprint density at radius 2 is 2.00 bits per heavy atom. The lowest BCUT2D eigenvalue weighted by atomic mass is 10.2. The number of aromatic nitrogens is 3. The molecule has 1 saturated heterocycles. The third kappa shape index (κ3) is 4.60. The Kier molecular flexibility index (Phi) is 5.58. The van der Waals surface area contributed by atoms with Crippen LogP contribution in [-0.4, -0.2) is 49.9 Å². The van der Waals surface area contributed by atoms with E-state index in [0.717, 1.165) is 51.7 Å². The zero-order valence-corrected chi connectivity index (χ0v) is 19.2. The molecule has 1 aliphatic heterocycles. The van der Waals surface area contributed by atoms with Crippen LogP contribution in [0.15, 0.2) is 39.5 Å². The molecular formula is C21H24N6O3S2. The summed E-state index contributed by atoms with van der Waals surface area (Å²) in [5.74, 6) is 1.97. The molecule has 32 heavy (non-hydrogen) atoms. The number of morpholine rings is 1. The molecule has 5 rings (SSSR count). The molecule has 11 heteroatoms. The van der Waals surface area contributed by atoms with E-state index in [-0.39, 0.29) is 4.21 Å². The molecule has 9 nitrogen and oxygen atoms in total. The minimum atomic E-state index is -3.77. The number of nitrogens with two attached hydrogens (primary N) is 1. The lowest BCUT2D eigenvalue weighted by molar-refractivity contribution is 0.122. The van der Waals surface area contributed by atoms with Crippen LogP contribution < -0.4 is 15.4 Å². The molecule has 0 atom stereocenters. The second-order valence-electron chi connectivity index (χ2n) is 8.05. The van der Waals surface area contributed by atoms with Crippen molar-refractivity contribution >= 4 is 33.0 Å². The molecule has 3 aromatic heterocycles. The van der Waals surface area contributed by atoms with Gasteiger partial charge in [0, 0.05) is 36.8 Å². The van der Waals surface area contributed by atoms with Crippen LogP contribution in [-0.2, 0) is 14.8 Å². The Labute approximate surface area is 190 Å². The van der Waals surface area contributed by atoms with E-state index in [9.17, 15) is 8.42 Å². The maximum absolute atomic E-state index is 11.8. The molecule has 0 bridgehead atoms. The Morgan fingerprint density at radius 3 is 2.69 bits per heavy atom. The van der Waals surface area contributed by atoms with Crippen molar-refractivity contribution in [3.05, 3.63) is 46.9 Å². The fourth-order valence-corrected chi connectivity index (χ4v) is 5.47. The minimum absolute atomic E-state index is 0.113. The Bertz CT molecular complexity index is 1320. The lowest BCUT2D eigenvalue weighted by Crippen LogP contribution is -2.36. The molecule has 168 valence electrons. The summed E-state index contributed by atoms with van der Waals surface area (Å²) in [5, 5.41) is 13.5. The second-order valence-corrected chi connectivity index (χ2v) is 10.9. The van der Waals surface area contributed by atoms with E-state index in [0.29, 0.717) is 30.6 Å². The SMILES string of the molecule is Cc1cc(=Nc2cc(C3CC3)[nH]n2)cc(N2CCOCC2)nc1-c1ccc(S(N)(=O)=O)s1. The summed E-state index contributed by atoms with van der Waals surface area (Å²) in [6.45, 7) is 4.63. The number of anilines is 1. The van der Waals surface area contributed by atoms with Gasteiger partial charge in [-0.15, -0.1) is 11.3 Å². The van der Waals surface area contributed by atoms with Gasteiger partial charge in [-0.25, -0.2) is 23.5 Å². The first kappa shape index (κ1) is 21.3. The van der Waals surface area contributed by atoms with Gasteiger partial charge < -0.3 is 9.64 Å². The molecule has 1 aliphatic carbocycles. The number of primary sulfonamides is 1. The molecule has 0 aromatic carbocycles. The molecule has 1 saturated carbocycles. The fraction of sp³-hybridized carbons (Fsp3) is 0.381. The maximum Gasteiger partial charge on any atom is 0.247 e. The van der Waals surface area contributed by atoms with Gasteiger partial charge in [-0.05, 0) is 43.5 Å². The van der Waals surface area contributed by atoms with Gasteiger partial charge in [0.1, 0.15) is 10.0 Å². The van der Waals surface area contributed by atoms with Crippen LogP contribution in [0.5, 0.6) is 0 Å². The van der Waals surface area contributed by atoms with Crippen molar-refractivity contribution in [1.82, 2.24) is 15.2 Å². The minimum Gasteiger partial charge on any atom is -0.378 e. The van der Waals surface area contributed by atoms with Gasteiger partial charge in [0.05, 0.1) is 29.1 Å². The van der Waals surface area contributed by atoms with Gasteiger partial charge in [-0.2, -0.15) is 5.10 Å². The van der Waals surface area contributed by atoms with Crippen LogP contribution in [0, 0.1) is 6.92 Å². The van der Waals surface area contributed by atoms with Crippen LogP contribution in [0.2, 0.25) is 0 Å². The van der Waals surface area contributed by atoms with E-state index in [1.54, 1.807) is 6.07 Å². The van der Waals surface area contributed by atoms with Crippen LogP contribution in [0.1, 0.15) is 30.0 Å². The zero-order chi connectivity index (χ0) is 22.3. The number of hydrogen-bond donors (Lipinski definition) is 2. The number of sulfonamides is 1. The largest absolute Gasteiger partial charge is 0.378 e. The van der Waals surface area contributed by atoms with Crippen LogP contribution in [0.3, 0.4) is 0 Å². The van der Waals surface area contributed by atoms with Crippen molar-refractivity contribution < 1.29 is 13.2 Å². The first-order valence-electron chi connectivity index (χ1n) is 10.5. The fourth-order valence-electron chi connectivity index (χ4n) is 3.69. The number of nitrogens with one attached hydrogen (secondary N) is 1. The zero-order valence-electron chi connectivity index (χ0n) is 17.6. The molecule has 0 spiro atoms. The molecule has 4 heterocycles. The third-order valence-corrected chi connectivity index (χ3v) is 8.05. The molecule has 2 aliphatic rings. The van der Waals surface area contributed by atoms with Gasteiger partial charge in [-0.3, -0.25) is 5.10 Å². The van der Waals surface area contributed by atoms with Crippen molar-refractivity contribution in [2.24, 2.45) is 10.1 Å². The van der Waals surface area contributed by atoms with Gasteiger partial charge in [0.15, 0.2) is 5.82 Å². The molecule has 0 amide bonds. The highest BCUT2D eigenvalue weighted by Gasteiger charge is 2.25. The Balaban J connectivity index is 1.63. The Hall–Kier alpha value is -2.60. The van der Waals surface area contributed by atoms with Crippen LogP contribution in [0.4, 0.5) is 11.6 Å². The standard InChI is InChI=1S/C21H24N6O3S2/c1-13-10-15(23-18-12-16(25-26-18)14-2-3-14)11-19(27-6-8-30-9-7-27)24-21(13)17-4-5-20(31-17)32(22,28)29/h4-5,10-12,14H,2-3,6-9H2,1H3,(H,25,26)(H2,22,28,29). The quantitative estimate of drug-likeness (QED) is 0.587. The Morgan fingerprint density at radius 1 is 1.22 bits per heavy atom. The van der Waals surface area contributed by atoms with Crippen molar-refractivity contribution in [2.45, 2.75) is 29.9 Å². The normalized spacial score (nSPS) is 17.7. The summed E-state index contributed by atoms with van der Waals surface area (Å²) in [7, 11) is -3.77. The number of H-pyrrole nitrogens is 1. The van der Waals surface area contributed by atoms with Crippen LogP contribution in [0.25, 0.3) is 10.6 Å². The van der Waals surface area contributed by atoms with Crippen molar-refractivity contribution in [2.75, 3.05) is 31.2 Å². The summed E-state index contributed by atoms with van der Waals surface area (Å²) in [6.07, 6.45) is 2.38. The predicted octanol–water partition coefficient (Wildman–Crippen LogP) is 2.44. The molecule has 3 aromatic rings. The number of thiophene rings is 1. The third-order valence-electron chi connectivity index (χ3n) is 5.52. The van der Waals surface area contributed by atoms with Crippen LogP contribution >= 0.6 is 11.3 Å². The van der Waals surface area contributed by atoms with E-state index < -0.39 is 10.0 Å². The number of aryl methyl sites for hydroxylation is 1. The second kappa shape index (κ2) is 8.39. The average Bonchev–Trinajstić information content (AvgIpc) is 3.34. The lowest BCUT2D eigenvalue weighted by Gasteiger charge is -2.27. The molecule has 0 unspecified atom stereocenters. The highest BCUT2D eigenvalue weighted by molar-refractivity contribution is 7.91.